The van der Waals surface area contributed by atoms with Gasteiger partial charge in [0.15, 0.2) is 0 Å². The molecule has 1 rings (SSSR count). The van der Waals surface area contributed by atoms with E-state index in [1.807, 2.05) is 6.92 Å². The number of halogens is 1. The number of benzene rings is 1. The van der Waals surface area contributed by atoms with E-state index >= 15 is 0 Å². The van der Waals surface area contributed by atoms with Crippen molar-refractivity contribution >= 4 is 31.6 Å². The van der Waals surface area contributed by atoms with Gasteiger partial charge in [0.1, 0.15) is 0 Å². The number of aryl methyl sites for hydroxylation is 1. The number of nitrogens with two attached hydrogens (primary N) is 1. The van der Waals surface area contributed by atoms with Gasteiger partial charge in [-0.15, -0.1) is 0 Å². The second kappa shape index (κ2) is 6.45. The Morgan fingerprint density at radius 1 is 1.30 bits per heavy atom. The van der Waals surface area contributed by atoms with Crippen LogP contribution in [0.2, 0.25) is 0 Å². The molecule has 0 saturated carbocycles. The second-order valence-electron chi connectivity index (χ2n) is 5.64. The van der Waals surface area contributed by atoms with Crippen molar-refractivity contribution in [2.24, 2.45) is 5.92 Å². The van der Waals surface area contributed by atoms with Crippen LogP contribution in [0, 0.1) is 12.8 Å². The minimum atomic E-state index is -3.52. The van der Waals surface area contributed by atoms with Crippen molar-refractivity contribution in [3.8, 4) is 0 Å². The fourth-order valence-electron chi connectivity index (χ4n) is 2.17. The zero-order valence-electron chi connectivity index (χ0n) is 12.6. The van der Waals surface area contributed by atoms with Gasteiger partial charge in [-0.2, -0.15) is 4.31 Å². The molecule has 0 aliphatic rings. The van der Waals surface area contributed by atoms with Gasteiger partial charge < -0.3 is 5.73 Å². The molecule has 1 aromatic carbocycles. The van der Waals surface area contributed by atoms with Crippen LogP contribution in [0.15, 0.2) is 21.5 Å². The highest BCUT2D eigenvalue weighted by Crippen LogP contribution is 2.29. The maximum absolute atomic E-state index is 12.7. The van der Waals surface area contributed by atoms with Crippen molar-refractivity contribution in [3.05, 3.63) is 22.2 Å². The minimum absolute atomic E-state index is 0.0516. The predicted octanol–water partition coefficient (Wildman–Crippen LogP) is 3.39. The van der Waals surface area contributed by atoms with E-state index in [1.54, 1.807) is 20.0 Å². The fourth-order valence-corrected chi connectivity index (χ4v) is 4.24. The average molecular weight is 363 g/mol. The van der Waals surface area contributed by atoms with E-state index in [0.29, 0.717) is 21.6 Å². The third-order valence-corrected chi connectivity index (χ3v) is 6.19. The van der Waals surface area contributed by atoms with Crippen molar-refractivity contribution < 1.29 is 8.42 Å². The maximum atomic E-state index is 12.7. The van der Waals surface area contributed by atoms with E-state index in [9.17, 15) is 8.42 Å². The SMILES string of the molecule is Cc1cc(Br)c(N)cc1S(=O)(=O)N(C)C(C)CC(C)C. The predicted molar refractivity (Wildman–Crippen MR) is 87.2 cm³/mol. The lowest BCUT2D eigenvalue weighted by molar-refractivity contribution is 0.337. The number of nitrogen functional groups attached to an aromatic ring is 1. The van der Waals surface area contributed by atoms with Gasteiger partial charge in [0.2, 0.25) is 10.0 Å². The van der Waals surface area contributed by atoms with Gasteiger partial charge in [0.05, 0.1) is 4.90 Å². The molecule has 0 amide bonds. The maximum Gasteiger partial charge on any atom is 0.243 e. The molecule has 0 aromatic heterocycles. The van der Waals surface area contributed by atoms with Crippen molar-refractivity contribution in [3.63, 3.8) is 0 Å². The van der Waals surface area contributed by atoms with Crippen LogP contribution in [0.25, 0.3) is 0 Å². The normalized spacial score (nSPS) is 14.0. The number of anilines is 1. The lowest BCUT2D eigenvalue weighted by Crippen LogP contribution is -2.36. The molecule has 0 radical (unpaired) electrons. The highest BCUT2D eigenvalue weighted by molar-refractivity contribution is 9.10. The number of nitrogens with zero attached hydrogens (tertiary/aromatic N) is 1. The van der Waals surface area contributed by atoms with Gasteiger partial charge >= 0.3 is 0 Å². The lowest BCUT2D eigenvalue weighted by atomic mass is 10.1. The molecule has 6 heteroatoms. The summed E-state index contributed by atoms with van der Waals surface area (Å²) in [5.74, 6) is 0.443. The molecular weight excluding hydrogens is 340 g/mol. The Kier molecular flexibility index (Phi) is 5.63. The number of hydrogen-bond acceptors (Lipinski definition) is 3. The van der Waals surface area contributed by atoms with Crippen LogP contribution in [-0.2, 0) is 10.0 Å². The Labute approximate surface area is 130 Å². The molecule has 2 N–H and O–H groups in total. The van der Waals surface area contributed by atoms with Crippen LogP contribution in [0.4, 0.5) is 5.69 Å². The Morgan fingerprint density at radius 2 is 1.85 bits per heavy atom. The Hall–Kier alpha value is -0.590. The number of rotatable bonds is 5. The summed E-state index contributed by atoms with van der Waals surface area (Å²) < 4.78 is 27.5. The van der Waals surface area contributed by atoms with Crippen LogP contribution >= 0.6 is 15.9 Å². The summed E-state index contributed by atoms with van der Waals surface area (Å²) in [4.78, 5) is 0.274. The molecule has 0 heterocycles. The monoisotopic (exact) mass is 362 g/mol. The topological polar surface area (TPSA) is 63.4 Å². The van der Waals surface area contributed by atoms with Crippen LogP contribution in [-0.4, -0.2) is 25.8 Å². The molecule has 0 bridgehead atoms. The molecule has 0 spiro atoms. The van der Waals surface area contributed by atoms with E-state index in [0.717, 1.165) is 6.42 Å². The Bertz CT molecular complexity index is 585. The van der Waals surface area contributed by atoms with Crippen molar-refractivity contribution in [1.82, 2.24) is 4.31 Å². The summed E-state index contributed by atoms with van der Waals surface area (Å²) in [7, 11) is -1.90. The molecular formula is C14H23BrN2O2S. The van der Waals surface area contributed by atoms with Crippen molar-refractivity contribution in [2.75, 3.05) is 12.8 Å². The quantitative estimate of drug-likeness (QED) is 0.816. The summed E-state index contributed by atoms with van der Waals surface area (Å²) in [5, 5.41) is 0. The Morgan fingerprint density at radius 3 is 2.35 bits per heavy atom. The van der Waals surface area contributed by atoms with Gasteiger partial charge in [-0.1, -0.05) is 13.8 Å². The zero-order chi connectivity index (χ0) is 15.7. The molecule has 1 atom stereocenters. The highest BCUT2D eigenvalue weighted by Gasteiger charge is 2.27. The van der Waals surface area contributed by atoms with E-state index in [-0.39, 0.29) is 10.9 Å². The van der Waals surface area contributed by atoms with Crippen LogP contribution in [0.3, 0.4) is 0 Å². The summed E-state index contributed by atoms with van der Waals surface area (Å²) in [6.07, 6.45) is 0.820. The molecule has 0 fully saturated rings. The van der Waals surface area contributed by atoms with Gasteiger partial charge in [-0.3, -0.25) is 0 Å². The molecule has 0 saturated heterocycles. The van der Waals surface area contributed by atoms with E-state index in [4.69, 9.17) is 5.73 Å². The smallest absolute Gasteiger partial charge is 0.243 e. The van der Waals surface area contributed by atoms with E-state index < -0.39 is 10.0 Å². The Balaban J connectivity index is 3.20. The van der Waals surface area contributed by atoms with Gasteiger partial charge in [-0.25, -0.2) is 8.42 Å². The van der Waals surface area contributed by atoms with Crippen LogP contribution in [0.1, 0.15) is 32.8 Å². The first-order valence-electron chi connectivity index (χ1n) is 6.61. The van der Waals surface area contributed by atoms with Crippen molar-refractivity contribution in [2.45, 2.75) is 45.1 Å². The van der Waals surface area contributed by atoms with E-state index in [2.05, 4.69) is 29.8 Å². The second-order valence-corrected chi connectivity index (χ2v) is 8.46. The summed E-state index contributed by atoms with van der Waals surface area (Å²) >= 11 is 3.31. The number of sulfonamides is 1. The molecule has 4 nitrogen and oxygen atoms in total. The van der Waals surface area contributed by atoms with E-state index in [1.165, 1.54) is 10.4 Å². The fraction of sp³-hybridized carbons (Fsp3) is 0.571. The average Bonchev–Trinajstić information content (AvgIpc) is 2.31. The summed E-state index contributed by atoms with van der Waals surface area (Å²) in [6.45, 7) is 7.87. The first-order chi connectivity index (χ1) is 9.07. The molecule has 20 heavy (non-hydrogen) atoms. The highest BCUT2D eigenvalue weighted by atomic mass is 79.9. The minimum Gasteiger partial charge on any atom is -0.398 e. The first kappa shape index (κ1) is 17.5. The molecule has 114 valence electrons. The third kappa shape index (κ3) is 3.74. The van der Waals surface area contributed by atoms with Crippen LogP contribution < -0.4 is 5.73 Å². The summed E-state index contributed by atoms with van der Waals surface area (Å²) in [6, 6.07) is 3.21. The lowest BCUT2D eigenvalue weighted by Gasteiger charge is -2.26. The third-order valence-electron chi connectivity index (χ3n) is 3.38. The summed E-state index contributed by atoms with van der Waals surface area (Å²) in [5.41, 5.74) is 6.93. The van der Waals surface area contributed by atoms with Gasteiger partial charge in [-0.05, 0) is 59.8 Å². The number of hydrogen-bond donors (Lipinski definition) is 1. The molecule has 0 aliphatic heterocycles. The largest absolute Gasteiger partial charge is 0.398 e. The molecule has 0 aliphatic carbocycles. The zero-order valence-corrected chi connectivity index (χ0v) is 15.0. The van der Waals surface area contributed by atoms with Gasteiger partial charge in [0.25, 0.3) is 0 Å². The first-order valence-corrected chi connectivity index (χ1v) is 8.84. The van der Waals surface area contributed by atoms with Gasteiger partial charge in [0, 0.05) is 23.2 Å². The molecule has 1 aromatic rings. The van der Waals surface area contributed by atoms with Crippen molar-refractivity contribution in [1.29, 1.82) is 0 Å². The standard InChI is InChI=1S/C14H23BrN2O2S/c1-9(2)6-11(4)17(5)20(18,19)14-8-13(16)12(15)7-10(14)3/h7-9,11H,6,16H2,1-5H3. The van der Waals surface area contributed by atoms with Crippen LogP contribution in [0.5, 0.6) is 0 Å². The molecule has 1 unspecified atom stereocenters.